The van der Waals surface area contributed by atoms with E-state index in [0.717, 1.165) is 11.5 Å². The van der Waals surface area contributed by atoms with Gasteiger partial charge in [0.05, 0.1) is 30.2 Å². The van der Waals surface area contributed by atoms with E-state index in [1.807, 2.05) is 6.07 Å². The standard InChI is InChI=1S/C24H21FN6O3/c1-34-22-10-20(18(26)12-29-22)31-24(33)15-4-5-16(17(25)8-15)11-28-21-7-6-13-2-3-14(23(27)32)9-19(13)30-21/h2-10,12H,11,26H2,1H3,(H2,27,32)(H,28,30)(H,29,31,33). The van der Waals surface area contributed by atoms with E-state index in [-0.39, 0.29) is 23.7 Å². The molecule has 4 rings (SSSR count). The number of pyridine rings is 2. The van der Waals surface area contributed by atoms with Crippen LogP contribution in [0.4, 0.5) is 21.6 Å². The average Bonchev–Trinajstić information content (AvgIpc) is 2.84. The van der Waals surface area contributed by atoms with Crippen LogP contribution in [0.15, 0.2) is 60.8 Å². The summed E-state index contributed by atoms with van der Waals surface area (Å²) in [7, 11) is 1.44. The Labute approximate surface area is 194 Å². The molecular weight excluding hydrogens is 439 g/mol. The Kier molecular flexibility index (Phi) is 6.22. The minimum Gasteiger partial charge on any atom is -0.481 e. The Morgan fingerprint density at radius 1 is 1.06 bits per heavy atom. The van der Waals surface area contributed by atoms with Gasteiger partial charge in [-0.3, -0.25) is 9.59 Å². The summed E-state index contributed by atoms with van der Waals surface area (Å²) < 4.78 is 19.7. The number of amides is 2. The first-order valence-corrected chi connectivity index (χ1v) is 10.2. The molecule has 0 aliphatic carbocycles. The first-order valence-electron chi connectivity index (χ1n) is 10.2. The molecule has 0 bridgehead atoms. The summed E-state index contributed by atoms with van der Waals surface area (Å²) in [6.07, 6.45) is 1.36. The van der Waals surface area contributed by atoms with Crippen molar-refractivity contribution in [3.05, 3.63) is 83.3 Å². The topological polar surface area (TPSA) is 145 Å². The molecular formula is C24H21FN6O3. The Morgan fingerprint density at radius 3 is 2.56 bits per heavy atom. The number of aromatic nitrogens is 2. The van der Waals surface area contributed by atoms with E-state index in [1.54, 1.807) is 24.3 Å². The van der Waals surface area contributed by atoms with E-state index in [4.69, 9.17) is 16.2 Å². The van der Waals surface area contributed by atoms with Gasteiger partial charge in [0.15, 0.2) is 0 Å². The second-order valence-corrected chi connectivity index (χ2v) is 7.40. The fourth-order valence-electron chi connectivity index (χ4n) is 3.25. The van der Waals surface area contributed by atoms with Gasteiger partial charge < -0.3 is 26.8 Å². The van der Waals surface area contributed by atoms with Crippen molar-refractivity contribution in [2.24, 2.45) is 5.73 Å². The molecule has 0 saturated heterocycles. The van der Waals surface area contributed by atoms with Gasteiger partial charge in [-0.25, -0.2) is 14.4 Å². The summed E-state index contributed by atoms with van der Waals surface area (Å²) in [5.74, 6) is -0.848. The number of rotatable bonds is 7. The van der Waals surface area contributed by atoms with Crippen LogP contribution in [-0.4, -0.2) is 28.9 Å². The highest BCUT2D eigenvalue weighted by Gasteiger charge is 2.13. The van der Waals surface area contributed by atoms with Gasteiger partial charge in [0.1, 0.15) is 11.6 Å². The number of nitrogens with two attached hydrogens (primary N) is 2. The summed E-state index contributed by atoms with van der Waals surface area (Å²) in [6.45, 7) is 0.135. The Bertz CT molecular complexity index is 1410. The van der Waals surface area contributed by atoms with Crippen molar-refractivity contribution in [2.45, 2.75) is 6.54 Å². The highest BCUT2D eigenvalue weighted by atomic mass is 19.1. The van der Waals surface area contributed by atoms with E-state index in [1.165, 1.54) is 31.5 Å². The number of hydrogen-bond acceptors (Lipinski definition) is 7. The van der Waals surface area contributed by atoms with Gasteiger partial charge in [0, 0.05) is 34.7 Å². The van der Waals surface area contributed by atoms with E-state index >= 15 is 0 Å². The third kappa shape index (κ3) is 4.85. The zero-order valence-corrected chi connectivity index (χ0v) is 18.1. The van der Waals surface area contributed by atoms with Crippen LogP contribution in [0, 0.1) is 5.82 Å². The molecule has 172 valence electrons. The molecule has 2 heterocycles. The lowest BCUT2D eigenvalue weighted by molar-refractivity contribution is 0.0997. The van der Waals surface area contributed by atoms with Crippen molar-refractivity contribution in [1.29, 1.82) is 0 Å². The number of benzene rings is 2. The molecule has 0 unspecified atom stereocenters. The number of nitrogens with zero attached hydrogens (tertiary/aromatic N) is 2. The van der Waals surface area contributed by atoms with Crippen LogP contribution in [0.25, 0.3) is 10.9 Å². The van der Waals surface area contributed by atoms with Crippen LogP contribution in [0.1, 0.15) is 26.3 Å². The smallest absolute Gasteiger partial charge is 0.255 e. The number of carbonyl (C=O) groups is 2. The molecule has 9 nitrogen and oxygen atoms in total. The molecule has 2 aromatic carbocycles. The van der Waals surface area contributed by atoms with Gasteiger partial charge in [0.2, 0.25) is 11.8 Å². The zero-order valence-electron chi connectivity index (χ0n) is 18.1. The summed E-state index contributed by atoms with van der Waals surface area (Å²) in [5.41, 5.74) is 13.1. The van der Waals surface area contributed by atoms with Gasteiger partial charge in [-0.2, -0.15) is 0 Å². The minimum atomic E-state index is -0.558. The Morgan fingerprint density at radius 2 is 1.82 bits per heavy atom. The normalized spacial score (nSPS) is 10.6. The van der Waals surface area contributed by atoms with Crippen LogP contribution < -0.4 is 26.8 Å². The number of carbonyl (C=O) groups excluding carboxylic acids is 2. The molecule has 0 saturated carbocycles. The predicted octanol–water partition coefficient (Wildman–Crippen LogP) is 3.32. The SMILES string of the molecule is COc1cc(NC(=O)c2ccc(CNc3ccc4ccc(C(N)=O)cc4n3)c(F)c2)c(N)cn1. The van der Waals surface area contributed by atoms with E-state index < -0.39 is 17.6 Å². The fraction of sp³-hybridized carbons (Fsp3) is 0.0833. The maximum atomic E-state index is 14.7. The van der Waals surface area contributed by atoms with Gasteiger partial charge in [-0.15, -0.1) is 0 Å². The number of methoxy groups -OCH3 is 1. The maximum Gasteiger partial charge on any atom is 0.255 e. The second kappa shape index (κ2) is 9.41. The second-order valence-electron chi connectivity index (χ2n) is 7.40. The summed E-state index contributed by atoms with van der Waals surface area (Å²) in [6, 6.07) is 14.2. The van der Waals surface area contributed by atoms with Gasteiger partial charge in [-0.1, -0.05) is 12.1 Å². The number of fused-ring (bicyclic) bond motifs is 1. The van der Waals surface area contributed by atoms with Crippen molar-refractivity contribution in [2.75, 3.05) is 23.5 Å². The van der Waals surface area contributed by atoms with Crippen LogP contribution in [0.3, 0.4) is 0 Å². The largest absolute Gasteiger partial charge is 0.481 e. The van der Waals surface area contributed by atoms with E-state index in [9.17, 15) is 14.0 Å². The minimum absolute atomic E-state index is 0.124. The highest BCUT2D eigenvalue weighted by molar-refractivity contribution is 6.05. The van der Waals surface area contributed by atoms with Crippen molar-refractivity contribution in [1.82, 2.24) is 9.97 Å². The maximum absolute atomic E-state index is 14.7. The molecule has 6 N–H and O–H groups in total. The molecule has 0 radical (unpaired) electrons. The third-order valence-electron chi connectivity index (χ3n) is 5.12. The number of anilines is 3. The Hall–Kier alpha value is -4.73. The summed E-state index contributed by atoms with van der Waals surface area (Å²) in [5, 5.41) is 6.51. The molecule has 2 aromatic heterocycles. The van der Waals surface area contributed by atoms with Gasteiger partial charge in [-0.05, 0) is 36.4 Å². The lowest BCUT2D eigenvalue weighted by Gasteiger charge is -2.11. The van der Waals surface area contributed by atoms with Crippen molar-refractivity contribution in [3.63, 3.8) is 0 Å². The summed E-state index contributed by atoms with van der Waals surface area (Å²) >= 11 is 0. The predicted molar refractivity (Wildman–Crippen MR) is 127 cm³/mol. The first-order chi connectivity index (χ1) is 16.3. The molecule has 0 fully saturated rings. The molecule has 10 heteroatoms. The molecule has 2 amide bonds. The van der Waals surface area contributed by atoms with Crippen LogP contribution in [0.5, 0.6) is 5.88 Å². The molecule has 0 aliphatic heterocycles. The lowest BCUT2D eigenvalue weighted by Crippen LogP contribution is -2.14. The third-order valence-corrected chi connectivity index (χ3v) is 5.12. The number of ether oxygens (including phenoxy) is 1. The average molecular weight is 460 g/mol. The monoisotopic (exact) mass is 460 g/mol. The van der Waals surface area contributed by atoms with E-state index in [0.29, 0.717) is 28.1 Å². The lowest BCUT2D eigenvalue weighted by atomic mass is 10.1. The van der Waals surface area contributed by atoms with Crippen molar-refractivity contribution < 1.29 is 18.7 Å². The molecule has 34 heavy (non-hydrogen) atoms. The molecule has 0 spiro atoms. The van der Waals surface area contributed by atoms with Crippen molar-refractivity contribution in [3.8, 4) is 5.88 Å². The van der Waals surface area contributed by atoms with Gasteiger partial charge >= 0.3 is 0 Å². The molecule has 0 aliphatic rings. The van der Waals surface area contributed by atoms with Crippen LogP contribution in [-0.2, 0) is 6.54 Å². The fourth-order valence-corrected chi connectivity index (χ4v) is 3.25. The number of primary amides is 1. The number of halogens is 1. The quantitative estimate of drug-likeness (QED) is 0.331. The zero-order chi connectivity index (χ0) is 24.2. The number of hydrogen-bond donors (Lipinski definition) is 4. The van der Waals surface area contributed by atoms with Gasteiger partial charge in [0.25, 0.3) is 5.91 Å². The number of nitrogen functional groups attached to an aromatic ring is 1. The van der Waals surface area contributed by atoms with E-state index in [2.05, 4.69) is 20.6 Å². The van der Waals surface area contributed by atoms with Crippen LogP contribution in [0.2, 0.25) is 0 Å². The summed E-state index contributed by atoms with van der Waals surface area (Å²) in [4.78, 5) is 32.3. The number of nitrogens with one attached hydrogen (secondary N) is 2. The molecule has 0 atom stereocenters. The Balaban J connectivity index is 1.46. The molecule has 4 aromatic rings. The highest BCUT2D eigenvalue weighted by Crippen LogP contribution is 2.23. The first kappa shape index (κ1) is 22.5. The van der Waals surface area contributed by atoms with Crippen molar-refractivity contribution >= 4 is 39.9 Å². The van der Waals surface area contributed by atoms with Crippen LogP contribution >= 0.6 is 0 Å².